The zero-order valence-corrected chi connectivity index (χ0v) is 15.6. The van der Waals surface area contributed by atoms with E-state index in [0.717, 1.165) is 35.8 Å². The van der Waals surface area contributed by atoms with Gasteiger partial charge < -0.3 is 15.4 Å². The lowest BCUT2D eigenvalue weighted by atomic mass is 10.00. The maximum absolute atomic E-state index is 12.2. The quantitative estimate of drug-likeness (QED) is 0.832. The van der Waals surface area contributed by atoms with E-state index in [-0.39, 0.29) is 11.9 Å². The molecule has 1 aliphatic rings. The lowest BCUT2D eigenvalue weighted by Crippen LogP contribution is -2.52. The van der Waals surface area contributed by atoms with Gasteiger partial charge in [0.1, 0.15) is 17.4 Å². The average Bonchev–Trinajstić information content (AvgIpc) is 3.04. The van der Waals surface area contributed by atoms with Crippen molar-refractivity contribution in [3.63, 3.8) is 0 Å². The molecule has 0 bridgehead atoms. The minimum Gasteiger partial charge on any atom is -0.486 e. The first-order chi connectivity index (χ1) is 12.1. The van der Waals surface area contributed by atoms with Crippen molar-refractivity contribution in [1.82, 2.24) is 15.6 Å². The molecule has 1 aromatic carbocycles. The average molecular weight is 359 g/mol. The zero-order chi connectivity index (χ0) is 17.6. The van der Waals surface area contributed by atoms with Gasteiger partial charge in [0.15, 0.2) is 0 Å². The van der Waals surface area contributed by atoms with E-state index in [4.69, 9.17) is 4.74 Å². The summed E-state index contributed by atoms with van der Waals surface area (Å²) in [6.07, 6.45) is 2.46. The van der Waals surface area contributed by atoms with E-state index in [1.807, 2.05) is 36.6 Å². The third-order valence-corrected chi connectivity index (χ3v) is 5.30. The molecule has 0 saturated carbocycles. The summed E-state index contributed by atoms with van der Waals surface area (Å²) in [6, 6.07) is 8.49. The van der Waals surface area contributed by atoms with E-state index in [2.05, 4.69) is 22.5 Å². The van der Waals surface area contributed by atoms with Crippen molar-refractivity contribution in [3.8, 4) is 5.75 Å². The number of carbonyl (C=O) groups excluding carboxylic acids is 1. The highest BCUT2D eigenvalue weighted by atomic mass is 32.1. The maximum Gasteiger partial charge on any atom is 0.226 e. The van der Waals surface area contributed by atoms with E-state index >= 15 is 0 Å². The second-order valence-corrected chi connectivity index (χ2v) is 7.51. The van der Waals surface area contributed by atoms with Crippen molar-refractivity contribution in [1.29, 1.82) is 0 Å². The summed E-state index contributed by atoms with van der Waals surface area (Å²) in [5, 5.41) is 9.34. The first kappa shape index (κ1) is 17.9. The van der Waals surface area contributed by atoms with E-state index in [9.17, 15) is 4.79 Å². The maximum atomic E-state index is 12.2. The van der Waals surface area contributed by atoms with Gasteiger partial charge in [-0.2, -0.15) is 0 Å². The van der Waals surface area contributed by atoms with Crippen LogP contribution in [0.3, 0.4) is 0 Å². The second-order valence-electron chi connectivity index (χ2n) is 6.57. The number of carbonyl (C=O) groups is 1. The molecule has 6 heteroatoms. The topological polar surface area (TPSA) is 63.2 Å². The van der Waals surface area contributed by atoms with Crippen LogP contribution < -0.4 is 15.4 Å². The van der Waals surface area contributed by atoms with Crippen LogP contribution in [-0.4, -0.2) is 29.5 Å². The predicted octanol–water partition coefficient (Wildman–Crippen LogP) is 2.83. The number of ether oxygens (including phenoxy) is 1. The number of piperidine rings is 1. The molecule has 0 aliphatic carbocycles. The molecule has 1 aliphatic heterocycles. The Kier molecular flexibility index (Phi) is 6.04. The number of rotatable bonds is 6. The van der Waals surface area contributed by atoms with Crippen LogP contribution in [-0.2, 0) is 17.8 Å². The molecule has 2 unspecified atom stereocenters. The summed E-state index contributed by atoms with van der Waals surface area (Å²) in [4.78, 5) is 16.8. The van der Waals surface area contributed by atoms with Crippen molar-refractivity contribution >= 4 is 17.2 Å². The molecule has 1 fully saturated rings. The van der Waals surface area contributed by atoms with Gasteiger partial charge in [-0.25, -0.2) is 4.98 Å². The smallest absolute Gasteiger partial charge is 0.226 e. The van der Waals surface area contributed by atoms with E-state index in [1.54, 1.807) is 0 Å². The molecule has 2 atom stereocenters. The molecule has 3 rings (SSSR count). The Morgan fingerprint density at radius 1 is 1.40 bits per heavy atom. The summed E-state index contributed by atoms with van der Waals surface area (Å²) in [5.74, 6) is 0.871. The number of aromatic nitrogens is 1. The zero-order valence-electron chi connectivity index (χ0n) is 14.7. The molecule has 134 valence electrons. The van der Waals surface area contributed by atoms with Crippen molar-refractivity contribution in [2.24, 2.45) is 0 Å². The first-order valence-corrected chi connectivity index (χ1v) is 9.63. The van der Waals surface area contributed by atoms with Crippen molar-refractivity contribution in [3.05, 3.63) is 45.9 Å². The molecule has 1 aromatic heterocycles. The van der Waals surface area contributed by atoms with Crippen LogP contribution in [0.15, 0.2) is 29.6 Å². The monoisotopic (exact) mass is 359 g/mol. The number of nitrogens with zero attached hydrogens (tertiary/aromatic N) is 1. The van der Waals surface area contributed by atoms with Gasteiger partial charge in [-0.15, -0.1) is 11.3 Å². The minimum absolute atomic E-state index is 0.0388. The summed E-state index contributed by atoms with van der Waals surface area (Å²) in [6.45, 7) is 5.63. The molecule has 1 amide bonds. The van der Waals surface area contributed by atoms with Gasteiger partial charge in [0.2, 0.25) is 5.91 Å². The van der Waals surface area contributed by atoms with E-state index in [1.165, 1.54) is 16.9 Å². The lowest BCUT2D eigenvalue weighted by Gasteiger charge is -2.30. The van der Waals surface area contributed by atoms with Gasteiger partial charge in [0, 0.05) is 17.5 Å². The molecule has 2 N–H and O–H groups in total. The predicted molar refractivity (Wildman–Crippen MR) is 100.0 cm³/mol. The Morgan fingerprint density at radius 2 is 2.20 bits per heavy atom. The van der Waals surface area contributed by atoms with Gasteiger partial charge in [-0.3, -0.25) is 4.79 Å². The van der Waals surface area contributed by atoms with E-state index in [0.29, 0.717) is 19.1 Å². The highest BCUT2D eigenvalue weighted by molar-refractivity contribution is 7.09. The molecule has 2 heterocycles. The molecule has 5 nitrogen and oxygen atoms in total. The van der Waals surface area contributed by atoms with Crippen LogP contribution in [0.5, 0.6) is 5.75 Å². The number of hydrogen-bond acceptors (Lipinski definition) is 5. The number of aryl methyl sites for hydroxylation is 1. The lowest BCUT2D eigenvalue weighted by molar-refractivity contribution is -0.121. The van der Waals surface area contributed by atoms with Crippen LogP contribution in [0.25, 0.3) is 0 Å². The first-order valence-electron chi connectivity index (χ1n) is 8.75. The highest BCUT2D eigenvalue weighted by Crippen LogP contribution is 2.16. The molecular formula is C19H25N3O2S. The van der Waals surface area contributed by atoms with Crippen LogP contribution in [0.4, 0.5) is 0 Å². The summed E-state index contributed by atoms with van der Waals surface area (Å²) in [5.41, 5.74) is 2.01. The molecule has 25 heavy (non-hydrogen) atoms. The number of nitrogens with one attached hydrogen (secondary N) is 2. The molecule has 1 saturated heterocycles. The van der Waals surface area contributed by atoms with Gasteiger partial charge in [-0.05, 0) is 45.4 Å². The molecular weight excluding hydrogens is 334 g/mol. The summed E-state index contributed by atoms with van der Waals surface area (Å²) >= 11 is 1.53. The van der Waals surface area contributed by atoms with Crippen LogP contribution >= 0.6 is 11.3 Å². The summed E-state index contributed by atoms with van der Waals surface area (Å²) in [7, 11) is 0. The largest absolute Gasteiger partial charge is 0.486 e. The Balaban J connectivity index is 1.47. The third kappa shape index (κ3) is 5.28. The fourth-order valence-corrected chi connectivity index (χ4v) is 3.64. The van der Waals surface area contributed by atoms with Crippen LogP contribution in [0.1, 0.15) is 36.0 Å². The van der Waals surface area contributed by atoms with E-state index < -0.39 is 0 Å². The van der Waals surface area contributed by atoms with Crippen molar-refractivity contribution in [2.75, 3.05) is 6.54 Å². The van der Waals surface area contributed by atoms with Crippen LogP contribution in [0.2, 0.25) is 0 Å². The minimum atomic E-state index is 0.0388. The molecule has 0 spiro atoms. The third-order valence-electron chi connectivity index (χ3n) is 4.43. The van der Waals surface area contributed by atoms with Gasteiger partial charge in [0.25, 0.3) is 0 Å². The fraction of sp³-hybridized carbons (Fsp3) is 0.474. The Morgan fingerprint density at radius 3 is 2.96 bits per heavy atom. The van der Waals surface area contributed by atoms with Gasteiger partial charge in [-0.1, -0.05) is 17.7 Å². The Hall–Kier alpha value is -1.92. The van der Waals surface area contributed by atoms with Gasteiger partial charge >= 0.3 is 0 Å². The standard InChI is InChI=1S/C19H25N3O2S/c1-13-5-7-16(8-6-13)24-11-19-21-15(12-25-19)10-18(23)22-17-4-3-9-20-14(17)2/h5-8,12,14,17,20H,3-4,9-11H2,1-2H3,(H,22,23). The Labute approximate surface area is 152 Å². The number of benzene rings is 1. The van der Waals surface area contributed by atoms with Crippen LogP contribution in [0, 0.1) is 6.92 Å². The Bertz CT molecular complexity index is 699. The van der Waals surface area contributed by atoms with Gasteiger partial charge in [0.05, 0.1) is 12.1 Å². The van der Waals surface area contributed by atoms with Crippen molar-refractivity contribution in [2.45, 2.75) is 51.8 Å². The number of amides is 1. The number of hydrogen-bond donors (Lipinski definition) is 2. The van der Waals surface area contributed by atoms with Crippen molar-refractivity contribution < 1.29 is 9.53 Å². The highest BCUT2D eigenvalue weighted by Gasteiger charge is 2.22. The fourth-order valence-electron chi connectivity index (χ4n) is 2.94. The number of thiazole rings is 1. The second kappa shape index (κ2) is 8.45. The molecule has 0 radical (unpaired) electrons. The normalized spacial score (nSPS) is 20.2. The molecule has 2 aromatic rings. The SMILES string of the molecule is Cc1ccc(OCc2nc(CC(=O)NC3CCCNC3C)cs2)cc1. The summed E-state index contributed by atoms with van der Waals surface area (Å²) < 4.78 is 5.74.